The molecule has 0 atom stereocenters. The SMILES string of the molecule is COC(=O)C1=C(C)N(c2ccc(OC)c(Cl)c2)C(=O)/C1=C\c1ccccc1OC. The third kappa shape index (κ3) is 3.71. The number of hydrogen-bond donors (Lipinski definition) is 0. The van der Waals surface area contributed by atoms with E-state index in [1.54, 1.807) is 50.4 Å². The summed E-state index contributed by atoms with van der Waals surface area (Å²) in [6.45, 7) is 1.69. The number of ether oxygens (including phenoxy) is 3. The maximum atomic E-state index is 13.3. The Bertz CT molecular complexity index is 1040. The van der Waals surface area contributed by atoms with Crippen LogP contribution in [0.2, 0.25) is 5.02 Å². The molecule has 2 aromatic carbocycles. The predicted octanol–water partition coefficient (Wildman–Crippen LogP) is 4.23. The van der Waals surface area contributed by atoms with Crippen molar-refractivity contribution in [1.29, 1.82) is 0 Å². The number of halogens is 1. The number of amides is 1. The zero-order valence-corrected chi connectivity index (χ0v) is 17.2. The summed E-state index contributed by atoms with van der Waals surface area (Å²) in [6.07, 6.45) is 1.63. The van der Waals surface area contributed by atoms with Crippen molar-refractivity contribution in [1.82, 2.24) is 0 Å². The molecule has 1 aliphatic heterocycles. The molecule has 1 aliphatic rings. The van der Waals surface area contributed by atoms with Gasteiger partial charge < -0.3 is 14.2 Å². The number of carbonyl (C=O) groups excluding carboxylic acids is 2. The molecule has 0 fully saturated rings. The zero-order chi connectivity index (χ0) is 21.1. The van der Waals surface area contributed by atoms with Gasteiger partial charge in [-0.25, -0.2) is 4.79 Å². The number of methoxy groups -OCH3 is 3. The smallest absolute Gasteiger partial charge is 0.340 e. The topological polar surface area (TPSA) is 65.1 Å². The van der Waals surface area contributed by atoms with Gasteiger partial charge in [0.05, 0.1) is 43.2 Å². The third-order valence-corrected chi connectivity index (χ3v) is 4.92. The molecule has 0 saturated carbocycles. The van der Waals surface area contributed by atoms with Gasteiger partial charge in [-0.2, -0.15) is 0 Å². The number of benzene rings is 2. The predicted molar refractivity (Wildman–Crippen MR) is 111 cm³/mol. The fourth-order valence-corrected chi connectivity index (χ4v) is 3.48. The van der Waals surface area contributed by atoms with Crippen LogP contribution in [0.3, 0.4) is 0 Å². The minimum Gasteiger partial charge on any atom is -0.496 e. The van der Waals surface area contributed by atoms with Crippen molar-refractivity contribution in [3.05, 3.63) is 69.9 Å². The van der Waals surface area contributed by atoms with E-state index in [4.69, 9.17) is 25.8 Å². The fourth-order valence-electron chi connectivity index (χ4n) is 3.23. The van der Waals surface area contributed by atoms with Crippen LogP contribution in [0.15, 0.2) is 59.3 Å². The summed E-state index contributed by atoms with van der Waals surface area (Å²) in [5.74, 6) is 0.108. The zero-order valence-electron chi connectivity index (χ0n) is 16.5. The second-order valence-electron chi connectivity index (χ2n) is 6.21. The molecule has 1 heterocycles. The molecule has 0 aliphatic carbocycles. The first-order valence-electron chi connectivity index (χ1n) is 8.75. The van der Waals surface area contributed by atoms with Crippen molar-refractivity contribution < 1.29 is 23.8 Å². The number of hydrogen-bond acceptors (Lipinski definition) is 5. The van der Waals surface area contributed by atoms with Crippen LogP contribution < -0.4 is 14.4 Å². The summed E-state index contributed by atoms with van der Waals surface area (Å²) in [4.78, 5) is 27.2. The highest BCUT2D eigenvalue weighted by atomic mass is 35.5. The molecule has 6 nitrogen and oxygen atoms in total. The van der Waals surface area contributed by atoms with Crippen LogP contribution in [-0.2, 0) is 14.3 Å². The molecule has 0 unspecified atom stereocenters. The summed E-state index contributed by atoms with van der Waals surface area (Å²) in [5.41, 5.74) is 2.04. The number of anilines is 1. The van der Waals surface area contributed by atoms with Gasteiger partial charge in [0.25, 0.3) is 5.91 Å². The van der Waals surface area contributed by atoms with Crippen molar-refractivity contribution in [3.63, 3.8) is 0 Å². The minimum atomic E-state index is -0.598. The molecule has 0 N–H and O–H groups in total. The van der Waals surface area contributed by atoms with E-state index in [-0.39, 0.29) is 17.1 Å². The van der Waals surface area contributed by atoms with Gasteiger partial charge in [0, 0.05) is 11.3 Å². The number of allylic oxidation sites excluding steroid dienone is 1. The van der Waals surface area contributed by atoms with E-state index in [0.29, 0.717) is 33.5 Å². The summed E-state index contributed by atoms with van der Waals surface area (Å²) in [7, 11) is 4.33. The van der Waals surface area contributed by atoms with Crippen LogP contribution >= 0.6 is 11.6 Å². The lowest BCUT2D eigenvalue weighted by Gasteiger charge is -2.19. The van der Waals surface area contributed by atoms with Crippen molar-refractivity contribution >= 4 is 35.2 Å². The maximum absolute atomic E-state index is 13.3. The quantitative estimate of drug-likeness (QED) is 0.542. The molecular formula is C22H20ClNO5. The largest absolute Gasteiger partial charge is 0.496 e. The third-order valence-electron chi connectivity index (χ3n) is 4.62. The first kappa shape index (κ1) is 20.5. The highest BCUT2D eigenvalue weighted by Gasteiger charge is 2.38. The lowest BCUT2D eigenvalue weighted by Crippen LogP contribution is -2.24. The molecular weight excluding hydrogens is 394 g/mol. The summed E-state index contributed by atoms with van der Waals surface area (Å²) >= 11 is 6.23. The van der Waals surface area contributed by atoms with Gasteiger partial charge in [0.1, 0.15) is 11.5 Å². The molecule has 2 aromatic rings. The number of esters is 1. The second kappa shape index (κ2) is 8.41. The molecule has 0 bridgehead atoms. The van der Waals surface area contributed by atoms with Crippen LogP contribution in [0.5, 0.6) is 11.5 Å². The Morgan fingerprint density at radius 2 is 1.72 bits per heavy atom. The number of carbonyl (C=O) groups is 2. The molecule has 29 heavy (non-hydrogen) atoms. The lowest BCUT2D eigenvalue weighted by molar-refractivity contribution is -0.136. The number of rotatable bonds is 5. The highest BCUT2D eigenvalue weighted by molar-refractivity contribution is 6.32. The average Bonchev–Trinajstić information content (AvgIpc) is 2.97. The maximum Gasteiger partial charge on any atom is 0.340 e. The van der Waals surface area contributed by atoms with Crippen LogP contribution in [0, 0.1) is 0 Å². The lowest BCUT2D eigenvalue weighted by atomic mass is 10.0. The van der Waals surface area contributed by atoms with Gasteiger partial charge in [-0.3, -0.25) is 9.69 Å². The van der Waals surface area contributed by atoms with Gasteiger partial charge in [-0.05, 0) is 37.3 Å². The number of nitrogens with zero attached hydrogens (tertiary/aromatic N) is 1. The van der Waals surface area contributed by atoms with Gasteiger partial charge in [0.15, 0.2) is 0 Å². The van der Waals surface area contributed by atoms with Gasteiger partial charge >= 0.3 is 5.97 Å². The molecule has 0 radical (unpaired) electrons. The molecule has 0 aromatic heterocycles. The Hall–Kier alpha value is -3.25. The van der Waals surface area contributed by atoms with E-state index in [9.17, 15) is 9.59 Å². The van der Waals surface area contributed by atoms with Crippen molar-refractivity contribution in [3.8, 4) is 11.5 Å². The molecule has 3 rings (SSSR count). The van der Waals surface area contributed by atoms with Crippen LogP contribution in [0.4, 0.5) is 5.69 Å². The van der Waals surface area contributed by atoms with Crippen molar-refractivity contribution in [2.24, 2.45) is 0 Å². The normalized spacial score (nSPS) is 15.1. The number of para-hydroxylation sites is 1. The molecule has 0 saturated heterocycles. The van der Waals surface area contributed by atoms with Crippen LogP contribution in [-0.4, -0.2) is 33.2 Å². The first-order chi connectivity index (χ1) is 13.9. The first-order valence-corrected chi connectivity index (χ1v) is 9.13. The standard InChI is InChI=1S/C22H20ClNO5/c1-13-20(22(26)29-4)16(11-14-7-5-6-8-18(14)27-2)21(25)24(13)15-9-10-19(28-3)17(23)12-15/h5-12H,1-4H3/b16-11-. The minimum absolute atomic E-state index is 0.190. The molecule has 150 valence electrons. The Morgan fingerprint density at radius 1 is 1.03 bits per heavy atom. The Labute approximate surface area is 173 Å². The summed E-state index contributed by atoms with van der Waals surface area (Å²) < 4.78 is 15.5. The van der Waals surface area contributed by atoms with Crippen molar-refractivity contribution in [2.45, 2.75) is 6.92 Å². The van der Waals surface area contributed by atoms with E-state index in [2.05, 4.69) is 0 Å². The molecule has 1 amide bonds. The average molecular weight is 414 g/mol. The molecule has 7 heteroatoms. The van der Waals surface area contributed by atoms with E-state index >= 15 is 0 Å². The highest BCUT2D eigenvalue weighted by Crippen LogP contribution is 2.38. The van der Waals surface area contributed by atoms with E-state index in [1.807, 2.05) is 12.1 Å². The Kier molecular flexibility index (Phi) is 5.94. The van der Waals surface area contributed by atoms with Crippen LogP contribution in [0.25, 0.3) is 6.08 Å². The fraction of sp³-hybridized carbons (Fsp3) is 0.182. The van der Waals surface area contributed by atoms with Gasteiger partial charge in [0.2, 0.25) is 0 Å². The van der Waals surface area contributed by atoms with Gasteiger partial charge in [-0.1, -0.05) is 29.8 Å². The van der Waals surface area contributed by atoms with E-state index in [1.165, 1.54) is 19.1 Å². The van der Waals surface area contributed by atoms with Gasteiger partial charge in [-0.15, -0.1) is 0 Å². The van der Waals surface area contributed by atoms with Crippen molar-refractivity contribution in [2.75, 3.05) is 26.2 Å². The summed E-state index contributed by atoms with van der Waals surface area (Å²) in [5, 5.41) is 0.354. The second-order valence-corrected chi connectivity index (χ2v) is 6.62. The monoisotopic (exact) mass is 413 g/mol. The Balaban J connectivity index is 2.16. The molecule has 0 spiro atoms. The Morgan fingerprint density at radius 3 is 2.34 bits per heavy atom. The van der Waals surface area contributed by atoms with Crippen LogP contribution in [0.1, 0.15) is 12.5 Å². The van der Waals surface area contributed by atoms with E-state index < -0.39 is 5.97 Å². The summed E-state index contributed by atoms with van der Waals surface area (Å²) in [6, 6.07) is 12.2. The van der Waals surface area contributed by atoms with E-state index in [0.717, 1.165) is 0 Å².